The molecule has 1 unspecified atom stereocenters. The van der Waals surface area contributed by atoms with Crippen molar-refractivity contribution >= 4 is 0 Å². The van der Waals surface area contributed by atoms with Crippen molar-refractivity contribution < 1.29 is 13.5 Å². The zero-order valence-corrected chi connectivity index (χ0v) is 7.47. The molecular weight excluding hydrogens is 176 g/mol. The van der Waals surface area contributed by atoms with Gasteiger partial charge in [0.2, 0.25) is 0 Å². The fraction of sp³-hybridized carbons (Fsp3) is 0.333. The molecular formula is C9H11F2NO. The fourth-order valence-corrected chi connectivity index (χ4v) is 1.15. The first-order chi connectivity index (χ1) is 6.07. The van der Waals surface area contributed by atoms with Crippen LogP contribution in [0.2, 0.25) is 0 Å². The summed E-state index contributed by atoms with van der Waals surface area (Å²) in [4.78, 5) is 0. The maximum Gasteiger partial charge on any atom is 0.167 e. The Bertz CT molecular complexity index is 313. The Morgan fingerprint density at radius 2 is 2.00 bits per heavy atom. The van der Waals surface area contributed by atoms with Crippen molar-refractivity contribution in [3.8, 4) is 5.75 Å². The first-order valence-electron chi connectivity index (χ1n) is 3.85. The van der Waals surface area contributed by atoms with Crippen LogP contribution in [0.1, 0.15) is 18.5 Å². The number of rotatable bonds is 2. The summed E-state index contributed by atoms with van der Waals surface area (Å²) >= 11 is 0. The van der Waals surface area contributed by atoms with Gasteiger partial charge < -0.3 is 10.5 Å². The number of hydrogen-bond acceptors (Lipinski definition) is 2. The van der Waals surface area contributed by atoms with E-state index in [0.717, 1.165) is 6.07 Å². The molecule has 0 saturated heterocycles. The molecule has 1 aromatic rings. The van der Waals surface area contributed by atoms with E-state index in [1.165, 1.54) is 13.2 Å². The third-order valence-electron chi connectivity index (χ3n) is 1.77. The molecule has 0 fully saturated rings. The van der Waals surface area contributed by atoms with Crippen LogP contribution in [0.4, 0.5) is 8.78 Å². The number of nitrogens with two attached hydrogens (primary N) is 1. The van der Waals surface area contributed by atoms with Gasteiger partial charge in [-0.05, 0) is 19.1 Å². The van der Waals surface area contributed by atoms with Gasteiger partial charge in [0.15, 0.2) is 11.6 Å². The lowest BCUT2D eigenvalue weighted by Crippen LogP contribution is -2.10. The lowest BCUT2D eigenvalue weighted by Gasteiger charge is -2.12. The van der Waals surface area contributed by atoms with E-state index in [9.17, 15) is 8.78 Å². The molecule has 0 amide bonds. The van der Waals surface area contributed by atoms with E-state index in [0.29, 0.717) is 0 Å². The number of benzene rings is 1. The average molecular weight is 187 g/mol. The molecule has 0 radical (unpaired) electrons. The summed E-state index contributed by atoms with van der Waals surface area (Å²) in [6, 6.07) is 1.78. The maximum absolute atomic E-state index is 13.2. The first kappa shape index (κ1) is 9.92. The highest BCUT2D eigenvalue weighted by molar-refractivity contribution is 5.37. The molecule has 0 aliphatic carbocycles. The van der Waals surface area contributed by atoms with E-state index >= 15 is 0 Å². The Morgan fingerprint density at radius 1 is 1.38 bits per heavy atom. The van der Waals surface area contributed by atoms with Crippen molar-refractivity contribution in [1.82, 2.24) is 0 Å². The highest BCUT2D eigenvalue weighted by atomic mass is 19.2. The number of hydrogen-bond donors (Lipinski definition) is 1. The van der Waals surface area contributed by atoms with Crippen LogP contribution in [0.3, 0.4) is 0 Å². The van der Waals surface area contributed by atoms with Crippen LogP contribution >= 0.6 is 0 Å². The summed E-state index contributed by atoms with van der Waals surface area (Å²) < 4.78 is 30.8. The van der Waals surface area contributed by atoms with Crippen LogP contribution in [0.25, 0.3) is 0 Å². The second-order valence-electron chi connectivity index (χ2n) is 2.77. The van der Waals surface area contributed by atoms with Crippen LogP contribution in [0.15, 0.2) is 12.1 Å². The van der Waals surface area contributed by atoms with Gasteiger partial charge in [-0.15, -0.1) is 0 Å². The van der Waals surface area contributed by atoms with Crippen molar-refractivity contribution in [1.29, 1.82) is 0 Å². The topological polar surface area (TPSA) is 35.2 Å². The Kier molecular flexibility index (Phi) is 2.83. The molecule has 0 aliphatic rings. The quantitative estimate of drug-likeness (QED) is 0.768. The molecule has 2 N–H and O–H groups in total. The van der Waals surface area contributed by atoms with E-state index < -0.39 is 17.7 Å². The van der Waals surface area contributed by atoms with Crippen molar-refractivity contribution in [3.05, 3.63) is 29.3 Å². The van der Waals surface area contributed by atoms with Crippen LogP contribution in [-0.2, 0) is 0 Å². The van der Waals surface area contributed by atoms with E-state index in [1.807, 2.05) is 0 Å². The van der Waals surface area contributed by atoms with Gasteiger partial charge in [0, 0.05) is 11.6 Å². The number of methoxy groups -OCH3 is 1. The van der Waals surface area contributed by atoms with E-state index in [1.54, 1.807) is 6.92 Å². The van der Waals surface area contributed by atoms with E-state index in [2.05, 4.69) is 0 Å². The predicted octanol–water partition coefficient (Wildman–Crippen LogP) is 1.99. The standard InChI is InChI=1S/C9H11F2NO/c1-5(12)8-7(13-2)4-3-6(10)9(8)11/h3-5H,12H2,1-2H3. The fourth-order valence-electron chi connectivity index (χ4n) is 1.15. The second-order valence-corrected chi connectivity index (χ2v) is 2.77. The number of halogens is 2. The van der Waals surface area contributed by atoms with Gasteiger partial charge in [-0.25, -0.2) is 8.78 Å². The third-order valence-corrected chi connectivity index (χ3v) is 1.77. The lowest BCUT2D eigenvalue weighted by molar-refractivity contribution is 0.393. The van der Waals surface area contributed by atoms with Crippen molar-refractivity contribution in [2.75, 3.05) is 7.11 Å². The molecule has 1 atom stereocenters. The summed E-state index contributed by atoms with van der Waals surface area (Å²) in [5.74, 6) is -1.57. The first-order valence-corrected chi connectivity index (χ1v) is 3.85. The van der Waals surface area contributed by atoms with Gasteiger partial charge in [-0.1, -0.05) is 0 Å². The maximum atomic E-state index is 13.2. The monoisotopic (exact) mass is 187 g/mol. The summed E-state index contributed by atoms with van der Waals surface area (Å²) in [5, 5.41) is 0. The molecule has 0 aliphatic heterocycles. The molecule has 2 nitrogen and oxygen atoms in total. The van der Waals surface area contributed by atoms with Crippen molar-refractivity contribution in [2.24, 2.45) is 5.73 Å². The molecule has 1 rings (SSSR count). The minimum absolute atomic E-state index is 0.0718. The molecule has 0 heterocycles. The van der Waals surface area contributed by atoms with Gasteiger partial charge in [0.05, 0.1) is 7.11 Å². The summed E-state index contributed by atoms with van der Waals surface area (Å²) in [7, 11) is 1.39. The molecule has 4 heteroatoms. The molecule has 13 heavy (non-hydrogen) atoms. The van der Waals surface area contributed by atoms with Gasteiger partial charge >= 0.3 is 0 Å². The Labute approximate surface area is 75.3 Å². The van der Waals surface area contributed by atoms with Gasteiger partial charge in [0.25, 0.3) is 0 Å². The van der Waals surface area contributed by atoms with Gasteiger partial charge in [0.1, 0.15) is 5.75 Å². The Balaban J connectivity index is 3.32. The van der Waals surface area contributed by atoms with E-state index in [-0.39, 0.29) is 11.3 Å². The van der Waals surface area contributed by atoms with Crippen LogP contribution < -0.4 is 10.5 Å². The zero-order chi connectivity index (χ0) is 10.0. The molecule has 0 aromatic heterocycles. The predicted molar refractivity (Wildman–Crippen MR) is 45.5 cm³/mol. The smallest absolute Gasteiger partial charge is 0.167 e. The van der Waals surface area contributed by atoms with Crippen molar-refractivity contribution in [2.45, 2.75) is 13.0 Å². The molecule has 1 aromatic carbocycles. The van der Waals surface area contributed by atoms with Crippen LogP contribution in [0.5, 0.6) is 5.75 Å². The normalized spacial score (nSPS) is 12.7. The zero-order valence-electron chi connectivity index (χ0n) is 7.47. The van der Waals surface area contributed by atoms with E-state index in [4.69, 9.17) is 10.5 Å². The third kappa shape index (κ3) is 1.78. The van der Waals surface area contributed by atoms with Gasteiger partial charge in [-0.3, -0.25) is 0 Å². The largest absolute Gasteiger partial charge is 0.496 e. The summed E-state index contributed by atoms with van der Waals surface area (Å²) in [6.45, 7) is 1.57. The Hall–Kier alpha value is -1.16. The molecule has 0 bridgehead atoms. The summed E-state index contributed by atoms with van der Waals surface area (Å²) in [5.41, 5.74) is 5.54. The summed E-state index contributed by atoms with van der Waals surface area (Å²) in [6.07, 6.45) is 0. The lowest BCUT2D eigenvalue weighted by atomic mass is 10.1. The van der Waals surface area contributed by atoms with Crippen LogP contribution in [-0.4, -0.2) is 7.11 Å². The minimum atomic E-state index is -0.936. The average Bonchev–Trinajstić information content (AvgIpc) is 2.08. The highest BCUT2D eigenvalue weighted by Crippen LogP contribution is 2.27. The van der Waals surface area contributed by atoms with Crippen molar-refractivity contribution in [3.63, 3.8) is 0 Å². The molecule has 0 saturated carbocycles. The van der Waals surface area contributed by atoms with Crippen LogP contribution in [0, 0.1) is 11.6 Å². The molecule has 72 valence electrons. The highest BCUT2D eigenvalue weighted by Gasteiger charge is 2.16. The Morgan fingerprint density at radius 3 is 2.46 bits per heavy atom. The molecule has 0 spiro atoms. The number of ether oxygens (including phenoxy) is 1. The van der Waals surface area contributed by atoms with Gasteiger partial charge in [-0.2, -0.15) is 0 Å². The minimum Gasteiger partial charge on any atom is -0.496 e. The SMILES string of the molecule is COc1ccc(F)c(F)c1C(C)N. The second kappa shape index (κ2) is 3.70.